The number of hydrogen-bond donors (Lipinski definition) is 0. The number of anilines is 1. The van der Waals surface area contributed by atoms with E-state index in [0.717, 1.165) is 0 Å². The second-order valence-electron chi connectivity index (χ2n) is 6.36. The molecular formula is C15H17ClN2O6S2. The van der Waals surface area contributed by atoms with E-state index < -0.39 is 37.7 Å². The molecule has 0 aliphatic carbocycles. The molecular weight excluding hydrogens is 404 g/mol. The predicted octanol–water partition coefficient (Wildman–Crippen LogP) is 0.666. The number of sulfonamides is 1. The molecule has 1 aromatic carbocycles. The van der Waals surface area contributed by atoms with Gasteiger partial charge in [0.2, 0.25) is 15.9 Å². The van der Waals surface area contributed by atoms with Crippen LogP contribution >= 0.6 is 11.6 Å². The smallest absolute Gasteiger partial charge is 0.253 e. The number of sulfone groups is 1. The first-order valence-electron chi connectivity index (χ1n) is 7.85. The molecule has 2 aliphatic heterocycles. The van der Waals surface area contributed by atoms with Crippen molar-refractivity contribution >= 4 is 49.0 Å². The van der Waals surface area contributed by atoms with E-state index in [-0.39, 0.29) is 40.0 Å². The van der Waals surface area contributed by atoms with Crippen LogP contribution in [0.15, 0.2) is 18.2 Å². The van der Waals surface area contributed by atoms with Gasteiger partial charge in [-0.15, -0.1) is 0 Å². The lowest BCUT2D eigenvalue weighted by molar-refractivity contribution is -0.116. The SMILES string of the molecule is CN(C(=O)c1ccc(Cl)c(N2C(=O)CCS2(=O)=O)c1)[C@H]1CCS(=O)(=O)C1. The number of hydrogen-bond acceptors (Lipinski definition) is 6. The maximum atomic E-state index is 12.7. The third-order valence-electron chi connectivity index (χ3n) is 4.57. The topological polar surface area (TPSA) is 109 Å². The molecule has 2 aliphatic rings. The summed E-state index contributed by atoms with van der Waals surface area (Å²) in [5, 5.41) is 0.0338. The summed E-state index contributed by atoms with van der Waals surface area (Å²) in [4.78, 5) is 26.0. The van der Waals surface area contributed by atoms with Gasteiger partial charge in [-0.05, 0) is 24.6 Å². The Kier molecular flexibility index (Phi) is 4.78. The Labute approximate surface area is 156 Å². The molecule has 1 aromatic rings. The fourth-order valence-electron chi connectivity index (χ4n) is 3.10. The van der Waals surface area contributed by atoms with Crippen LogP contribution in [0.5, 0.6) is 0 Å². The zero-order chi connectivity index (χ0) is 19.3. The first-order chi connectivity index (χ1) is 12.0. The van der Waals surface area contributed by atoms with Crippen molar-refractivity contribution in [2.24, 2.45) is 0 Å². The van der Waals surface area contributed by atoms with Gasteiger partial charge >= 0.3 is 0 Å². The number of amides is 2. The number of carbonyl (C=O) groups is 2. The van der Waals surface area contributed by atoms with E-state index in [1.807, 2.05) is 0 Å². The number of benzene rings is 1. The zero-order valence-electron chi connectivity index (χ0n) is 13.9. The van der Waals surface area contributed by atoms with Crippen LogP contribution in [0.25, 0.3) is 0 Å². The molecule has 0 radical (unpaired) electrons. The monoisotopic (exact) mass is 420 g/mol. The van der Waals surface area contributed by atoms with Gasteiger partial charge in [-0.2, -0.15) is 0 Å². The molecule has 0 aromatic heterocycles. The molecule has 2 amide bonds. The lowest BCUT2D eigenvalue weighted by atomic mass is 10.1. The maximum absolute atomic E-state index is 12.7. The Balaban J connectivity index is 1.92. The summed E-state index contributed by atoms with van der Waals surface area (Å²) >= 11 is 6.06. The molecule has 0 bridgehead atoms. The van der Waals surface area contributed by atoms with E-state index in [1.54, 1.807) is 0 Å². The highest BCUT2D eigenvalue weighted by atomic mass is 35.5. The maximum Gasteiger partial charge on any atom is 0.253 e. The van der Waals surface area contributed by atoms with Crippen LogP contribution in [0.1, 0.15) is 23.2 Å². The Morgan fingerprint density at radius 2 is 1.92 bits per heavy atom. The van der Waals surface area contributed by atoms with Gasteiger partial charge in [-0.3, -0.25) is 9.59 Å². The van der Waals surface area contributed by atoms with Crippen molar-refractivity contribution < 1.29 is 26.4 Å². The third kappa shape index (κ3) is 3.45. The van der Waals surface area contributed by atoms with Crippen LogP contribution < -0.4 is 4.31 Å². The van der Waals surface area contributed by atoms with E-state index in [0.29, 0.717) is 10.7 Å². The van der Waals surface area contributed by atoms with Crippen LogP contribution in [-0.2, 0) is 24.7 Å². The molecule has 2 fully saturated rings. The molecule has 1 atom stereocenters. The summed E-state index contributed by atoms with van der Waals surface area (Å²) in [6, 6.07) is 3.58. The van der Waals surface area contributed by atoms with Crippen LogP contribution in [0.4, 0.5) is 5.69 Å². The van der Waals surface area contributed by atoms with Crippen molar-refractivity contribution in [3.63, 3.8) is 0 Å². The van der Waals surface area contributed by atoms with Crippen molar-refractivity contribution in [1.29, 1.82) is 0 Å². The van der Waals surface area contributed by atoms with Crippen molar-refractivity contribution in [1.82, 2.24) is 4.90 Å². The van der Waals surface area contributed by atoms with Crippen LogP contribution in [-0.4, -0.2) is 63.9 Å². The van der Waals surface area contributed by atoms with Crippen LogP contribution in [0.2, 0.25) is 5.02 Å². The van der Waals surface area contributed by atoms with Crippen molar-refractivity contribution in [3.05, 3.63) is 28.8 Å². The van der Waals surface area contributed by atoms with E-state index in [4.69, 9.17) is 11.6 Å². The Hall–Kier alpha value is -1.65. The van der Waals surface area contributed by atoms with E-state index >= 15 is 0 Å². The van der Waals surface area contributed by atoms with Gasteiger partial charge in [-0.1, -0.05) is 11.6 Å². The fourth-order valence-corrected chi connectivity index (χ4v) is 6.59. The number of nitrogens with zero attached hydrogens (tertiary/aromatic N) is 2. The largest absolute Gasteiger partial charge is 0.338 e. The number of halogens is 1. The molecule has 2 heterocycles. The lowest BCUT2D eigenvalue weighted by Crippen LogP contribution is -2.38. The molecule has 142 valence electrons. The van der Waals surface area contributed by atoms with Crippen LogP contribution in [0.3, 0.4) is 0 Å². The van der Waals surface area contributed by atoms with Crippen molar-refractivity contribution in [2.75, 3.05) is 28.6 Å². The predicted molar refractivity (Wildman–Crippen MR) is 96.5 cm³/mol. The third-order valence-corrected chi connectivity index (χ3v) is 8.31. The zero-order valence-corrected chi connectivity index (χ0v) is 16.3. The molecule has 26 heavy (non-hydrogen) atoms. The van der Waals surface area contributed by atoms with Gasteiger partial charge in [0, 0.05) is 25.1 Å². The minimum Gasteiger partial charge on any atom is -0.338 e. The summed E-state index contributed by atoms with van der Waals surface area (Å²) in [6.07, 6.45) is 0.209. The van der Waals surface area contributed by atoms with Gasteiger partial charge < -0.3 is 4.90 Å². The molecule has 3 rings (SSSR count). The summed E-state index contributed by atoms with van der Waals surface area (Å²) in [5.41, 5.74) is 0.0681. The molecule has 0 N–H and O–H groups in total. The van der Waals surface area contributed by atoms with Crippen LogP contribution in [0, 0.1) is 0 Å². The minimum atomic E-state index is -3.81. The van der Waals surface area contributed by atoms with E-state index in [2.05, 4.69) is 0 Å². The van der Waals surface area contributed by atoms with Gasteiger partial charge in [0.1, 0.15) is 0 Å². The van der Waals surface area contributed by atoms with Gasteiger partial charge in [0.15, 0.2) is 9.84 Å². The second kappa shape index (κ2) is 6.50. The van der Waals surface area contributed by atoms with Crippen molar-refractivity contribution in [3.8, 4) is 0 Å². The van der Waals surface area contributed by atoms with E-state index in [1.165, 1.54) is 30.1 Å². The van der Waals surface area contributed by atoms with Gasteiger partial charge in [-0.25, -0.2) is 21.1 Å². The normalized spacial score (nSPS) is 24.0. The number of carbonyl (C=O) groups excluding carboxylic acids is 2. The fraction of sp³-hybridized carbons (Fsp3) is 0.467. The summed E-state index contributed by atoms with van der Waals surface area (Å²) in [5.74, 6) is -1.45. The first kappa shape index (κ1) is 19.1. The highest BCUT2D eigenvalue weighted by Gasteiger charge is 2.38. The molecule has 8 nitrogen and oxygen atoms in total. The van der Waals surface area contributed by atoms with Gasteiger partial charge in [0.25, 0.3) is 5.91 Å². The highest BCUT2D eigenvalue weighted by molar-refractivity contribution is 7.94. The summed E-state index contributed by atoms with van der Waals surface area (Å²) in [7, 11) is -5.46. The molecule has 0 saturated carbocycles. The molecule has 11 heteroatoms. The van der Waals surface area contributed by atoms with Crippen molar-refractivity contribution in [2.45, 2.75) is 18.9 Å². The Bertz CT molecular complexity index is 989. The second-order valence-corrected chi connectivity index (χ2v) is 10.9. The standard InChI is InChI=1S/C15H17ClN2O6S2/c1-17(11-4-6-25(21,22)9-11)15(20)10-2-3-12(16)13(8-10)18-14(19)5-7-26(18,23)24/h2-3,8,11H,4-7,9H2,1H3/t11-/m0/s1. The average molecular weight is 421 g/mol. The highest BCUT2D eigenvalue weighted by Crippen LogP contribution is 2.33. The quantitative estimate of drug-likeness (QED) is 0.710. The number of rotatable bonds is 3. The Morgan fingerprint density at radius 3 is 2.46 bits per heavy atom. The molecule has 0 unspecified atom stereocenters. The van der Waals surface area contributed by atoms with Gasteiger partial charge in [0.05, 0.1) is 28.0 Å². The first-order valence-corrected chi connectivity index (χ1v) is 11.7. The lowest BCUT2D eigenvalue weighted by Gasteiger charge is -2.24. The Morgan fingerprint density at radius 1 is 1.23 bits per heavy atom. The van der Waals surface area contributed by atoms with E-state index in [9.17, 15) is 26.4 Å². The summed E-state index contributed by atoms with van der Waals surface area (Å²) in [6.45, 7) is 0. The molecule has 2 saturated heterocycles. The minimum absolute atomic E-state index is 0.0294. The summed E-state index contributed by atoms with van der Waals surface area (Å²) < 4.78 is 48.1. The average Bonchev–Trinajstić information content (AvgIpc) is 3.05. The molecule has 0 spiro atoms.